The first-order valence-corrected chi connectivity index (χ1v) is 7.78. The SMILES string of the molecule is Cl.c1ccc(CN2CCCCC2C2CCNCC2)nc1. The molecule has 4 heteroatoms. The van der Waals surface area contributed by atoms with Crippen LogP contribution >= 0.6 is 12.4 Å². The number of nitrogens with one attached hydrogen (secondary N) is 1. The van der Waals surface area contributed by atoms with Gasteiger partial charge in [-0.2, -0.15) is 0 Å². The summed E-state index contributed by atoms with van der Waals surface area (Å²) in [6.45, 7) is 4.71. The number of nitrogens with zero attached hydrogens (tertiary/aromatic N) is 2. The van der Waals surface area contributed by atoms with Crippen molar-refractivity contribution in [3.05, 3.63) is 30.1 Å². The summed E-state index contributed by atoms with van der Waals surface area (Å²) in [4.78, 5) is 7.19. The number of hydrogen-bond acceptors (Lipinski definition) is 3. The first kappa shape index (κ1) is 15.7. The van der Waals surface area contributed by atoms with E-state index < -0.39 is 0 Å². The number of hydrogen-bond donors (Lipinski definition) is 1. The molecular formula is C16H26ClN3. The van der Waals surface area contributed by atoms with Crippen molar-refractivity contribution in [2.45, 2.75) is 44.7 Å². The summed E-state index contributed by atoms with van der Waals surface area (Å²) in [5.74, 6) is 0.894. The second-order valence-corrected chi connectivity index (χ2v) is 5.94. The van der Waals surface area contributed by atoms with Gasteiger partial charge in [-0.3, -0.25) is 9.88 Å². The van der Waals surface area contributed by atoms with E-state index in [1.165, 1.54) is 57.4 Å². The van der Waals surface area contributed by atoms with E-state index in [1.807, 2.05) is 12.3 Å². The Labute approximate surface area is 128 Å². The molecular weight excluding hydrogens is 270 g/mol. The lowest BCUT2D eigenvalue weighted by Gasteiger charge is -2.42. The van der Waals surface area contributed by atoms with Crippen LogP contribution in [0.1, 0.15) is 37.8 Å². The van der Waals surface area contributed by atoms with Gasteiger partial charge in [0.2, 0.25) is 0 Å². The lowest BCUT2D eigenvalue weighted by molar-refractivity contribution is 0.0767. The van der Waals surface area contributed by atoms with Gasteiger partial charge in [0.15, 0.2) is 0 Å². The van der Waals surface area contributed by atoms with Crippen LogP contribution in [-0.4, -0.2) is 35.6 Å². The quantitative estimate of drug-likeness (QED) is 0.929. The molecule has 1 atom stereocenters. The monoisotopic (exact) mass is 295 g/mol. The Kier molecular flexibility index (Phi) is 6.27. The molecule has 1 aromatic heterocycles. The molecule has 2 saturated heterocycles. The van der Waals surface area contributed by atoms with Gasteiger partial charge in [0.1, 0.15) is 0 Å². The molecule has 2 aliphatic rings. The highest BCUT2D eigenvalue weighted by Crippen LogP contribution is 2.29. The van der Waals surface area contributed by atoms with E-state index >= 15 is 0 Å². The number of piperidine rings is 2. The van der Waals surface area contributed by atoms with Crippen LogP contribution in [-0.2, 0) is 6.54 Å². The fourth-order valence-corrected chi connectivity index (χ4v) is 3.68. The van der Waals surface area contributed by atoms with Gasteiger partial charge in [0.05, 0.1) is 5.69 Å². The Morgan fingerprint density at radius 2 is 2.00 bits per heavy atom. The Morgan fingerprint density at radius 3 is 2.75 bits per heavy atom. The van der Waals surface area contributed by atoms with Gasteiger partial charge in [0, 0.05) is 18.8 Å². The fourth-order valence-electron chi connectivity index (χ4n) is 3.68. The number of pyridine rings is 1. The summed E-state index contributed by atoms with van der Waals surface area (Å²) in [7, 11) is 0. The summed E-state index contributed by atoms with van der Waals surface area (Å²) in [6, 6.07) is 7.06. The largest absolute Gasteiger partial charge is 0.317 e. The summed E-state index contributed by atoms with van der Waals surface area (Å²) in [5.41, 5.74) is 1.23. The van der Waals surface area contributed by atoms with Crippen molar-refractivity contribution >= 4 is 12.4 Å². The molecule has 0 spiro atoms. The molecule has 0 aromatic carbocycles. The predicted octanol–water partition coefficient (Wildman–Crippen LogP) is 2.86. The lowest BCUT2D eigenvalue weighted by atomic mass is 9.84. The minimum absolute atomic E-state index is 0. The van der Waals surface area contributed by atoms with Crippen LogP contribution in [0.5, 0.6) is 0 Å². The van der Waals surface area contributed by atoms with Gasteiger partial charge < -0.3 is 5.32 Å². The zero-order chi connectivity index (χ0) is 12.9. The molecule has 3 heterocycles. The molecule has 1 unspecified atom stereocenters. The normalized spacial score (nSPS) is 25.1. The molecule has 112 valence electrons. The maximum Gasteiger partial charge on any atom is 0.0544 e. The predicted molar refractivity (Wildman–Crippen MR) is 85.1 cm³/mol. The highest BCUT2D eigenvalue weighted by molar-refractivity contribution is 5.85. The zero-order valence-electron chi connectivity index (χ0n) is 12.1. The summed E-state index contributed by atoms with van der Waals surface area (Å²) in [6.07, 6.45) is 8.77. The van der Waals surface area contributed by atoms with Crippen LogP contribution in [0.3, 0.4) is 0 Å². The average molecular weight is 296 g/mol. The van der Waals surface area contributed by atoms with E-state index in [0.29, 0.717) is 0 Å². The maximum atomic E-state index is 4.50. The van der Waals surface area contributed by atoms with Gasteiger partial charge in [-0.05, 0) is 63.4 Å². The highest BCUT2D eigenvalue weighted by atomic mass is 35.5. The lowest BCUT2D eigenvalue weighted by Crippen LogP contribution is -2.46. The van der Waals surface area contributed by atoms with Gasteiger partial charge in [-0.25, -0.2) is 0 Å². The van der Waals surface area contributed by atoms with Crippen LogP contribution in [0.2, 0.25) is 0 Å². The molecule has 0 bridgehead atoms. The maximum absolute atomic E-state index is 4.50. The first-order valence-electron chi connectivity index (χ1n) is 7.78. The minimum Gasteiger partial charge on any atom is -0.317 e. The molecule has 0 radical (unpaired) electrons. The second kappa shape index (κ2) is 7.96. The molecule has 3 rings (SSSR count). The molecule has 0 amide bonds. The Balaban J connectivity index is 0.00000147. The molecule has 2 aliphatic heterocycles. The first-order chi connectivity index (χ1) is 9.43. The van der Waals surface area contributed by atoms with Crippen molar-refractivity contribution in [3.8, 4) is 0 Å². The third kappa shape index (κ3) is 3.94. The molecule has 0 saturated carbocycles. The Bertz CT molecular complexity index is 379. The van der Waals surface area contributed by atoms with E-state index in [-0.39, 0.29) is 12.4 Å². The summed E-state index contributed by atoms with van der Waals surface area (Å²) in [5, 5.41) is 3.49. The van der Waals surface area contributed by atoms with E-state index in [4.69, 9.17) is 0 Å². The van der Waals surface area contributed by atoms with Crippen LogP contribution in [0, 0.1) is 5.92 Å². The van der Waals surface area contributed by atoms with Gasteiger partial charge >= 0.3 is 0 Å². The molecule has 1 aromatic rings. The number of rotatable bonds is 3. The molecule has 0 aliphatic carbocycles. The topological polar surface area (TPSA) is 28.2 Å². The average Bonchev–Trinajstić information content (AvgIpc) is 2.50. The van der Waals surface area contributed by atoms with Crippen molar-refractivity contribution < 1.29 is 0 Å². The Hall–Kier alpha value is -0.640. The van der Waals surface area contributed by atoms with Crippen molar-refractivity contribution in [1.82, 2.24) is 15.2 Å². The van der Waals surface area contributed by atoms with E-state index in [9.17, 15) is 0 Å². The van der Waals surface area contributed by atoms with Crippen molar-refractivity contribution in [1.29, 1.82) is 0 Å². The van der Waals surface area contributed by atoms with Crippen LogP contribution in [0.15, 0.2) is 24.4 Å². The second-order valence-electron chi connectivity index (χ2n) is 5.94. The van der Waals surface area contributed by atoms with E-state index in [1.54, 1.807) is 0 Å². The smallest absolute Gasteiger partial charge is 0.0544 e. The van der Waals surface area contributed by atoms with E-state index in [2.05, 4.69) is 27.3 Å². The standard InChI is InChI=1S/C16H25N3.ClH/c1-3-9-18-15(5-1)13-19-12-4-2-6-16(19)14-7-10-17-11-8-14;/h1,3,5,9,14,16-17H,2,4,6-8,10-13H2;1H. The van der Waals surface area contributed by atoms with Gasteiger partial charge in [0.25, 0.3) is 0 Å². The van der Waals surface area contributed by atoms with Crippen LogP contribution < -0.4 is 5.32 Å². The fraction of sp³-hybridized carbons (Fsp3) is 0.688. The molecule has 1 N–H and O–H groups in total. The van der Waals surface area contributed by atoms with Crippen molar-refractivity contribution in [2.75, 3.05) is 19.6 Å². The van der Waals surface area contributed by atoms with Crippen molar-refractivity contribution in [3.63, 3.8) is 0 Å². The Morgan fingerprint density at radius 1 is 1.15 bits per heavy atom. The third-order valence-corrected chi connectivity index (χ3v) is 4.68. The highest BCUT2D eigenvalue weighted by Gasteiger charge is 2.30. The molecule has 20 heavy (non-hydrogen) atoms. The molecule has 2 fully saturated rings. The minimum atomic E-state index is 0. The number of aromatic nitrogens is 1. The van der Waals surface area contributed by atoms with Crippen molar-refractivity contribution in [2.24, 2.45) is 5.92 Å². The van der Waals surface area contributed by atoms with Gasteiger partial charge in [-0.15, -0.1) is 12.4 Å². The van der Waals surface area contributed by atoms with E-state index in [0.717, 1.165) is 18.5 Å². The van der Waals surface area contributed by atoms with Gasteiger partial charge in [-0.1, -0.05) is 12.5 Å². The third-order valence-electron chi connectivity index (χ3n) is 4.68. The summed E-state index contributed by atoms with van der Waals surface area (Å²) >= 11 is 0. The zero-order valence-corrected chi connectivity index (χ0v) is 12.9. The number of halogens is 1. The van der Waals surface area contributed by atoms with Crippen LogP contribution in [0.4, 0.5) is 0 Å². The van der Waals surface area contributed by atoms with Crippen LogP contribution in [0.25, 0.3) is 0 Å². The number of likely N-dealkylation sites (tertiary alicyclic amines) is 1. The molecule has 3 nitrogen and oxygen atoms in total. The summed E-state index contributed by atoms with van der Waals surface area (Å²) < 4.78 is 0.